The van der Waals surface area contributed by atoms with Crippen molar-refractivity contribution in [3.05, 3.63) is 23.3 Å². The van der Waals surface area contributed by atoms with Crippen molar-refractivity contribution in [1.82, 2.24) is 0 Å². The molecule has 6 atom stereocenters. The Morgan fingerprint density at radius 2 is 1.53 bits per heavy atom. The monoisotopic (exact) mass is 426 g/mol. The molecule has 1 heterocycles. The summed E-state index contributed by atoms with van der Waals surface area (Å²) in [7, 11) is 0. The molecule has 0 saturated carbocycles. The molecule has 1 rings (SSSR count). The molecule has 1 aliphatic heterocycles. The first kappa shape index (κ1) is 26.3. The largest absolute Gasteiger partial charge is 0.452 e. The van der Waals surface area contributed by atoms with Crippen molar-refractivity contribution >= 4 is 11.9 Å². The van der Waals surface area contributed by atoms with E-state index in [9.17, 15) is 14.7 Å². The fraction of sp³-hybridized carbons (Fsp3) is 0.739. The van der Waals surface area contributed by atoms with Crippen molar-refractivity contribution in [2.45, 2.75) is 106 Å². The van der Waals surface area contributed by atoms with Gasteiger partial charge in [0.15, 0.2) is 18.5 Å². The predicted octanol–water partition coefficient (Wildman–Crippen LogP) is 3.69. The second-order valence-corrected chi connectivity index (χ2v) is 8.50. The van der Waals surface area contributed by atoms with Gasteiger partial charge >= 0.3 is 11.9 Å². The highest BCUT2D eigenvalue weighted by molar-refractivity contribution is 5.88. The zero-order valence-corrected chi connectivity index (χ0v) is 19.7. The molecule has 0 aliphatic carbocycles. The standard InChI is InChI=1S/C23H38O7/c1-10-13(4)20(25)29-18-15(6)27-22(28-16(7)23(8,9)12-3)17(24)19(18)30-21(26)14(5)11-2/h10-11,15-19,22,24H,12H2,1-9H3/b13-10-,14-11-/t15?,16?,17?,18-,19?,22-/m0/s1. The first-order valence-electron chi connectivity index (χ1n) is 10.6. The minimum atomic E-state index is -1.33. The van der Waals surface area contributed by atoms with Gasteiger partial charge in [-0.2, -0.15) is 0 Å². The minimum Gasteiger partial charge on any atom is -0.452 e. The fourth-order valence-corrected chi connectivity index (χ4v) is 2.74. The number of hydrogen-bond acceptors (Lipinski definition) is 7. The summed E-state index contributed by atoms with van der Waals surface area (Å²) in [6, 6.07) is 0. The van der Waals surface area contributed by atoms with Crippen molar-refractivity contribution in [2.75, 3.05) is 0 Å². The number of ether oxygens (including phenoxy) is 4. The summed E-state index contributed by atoms with van der Waals surface area (Å²) in [5, 5.41) is 11.0. The van der Waals surface area contributed by atoms with Crippen LogP contribution in [0.15, 0.2) is 23.3 Å². The lowest BCUT2D eigenvalue weighted by atomic mass is 9.84. The second-order valence-electron chi connectivity index (χ2n) is 8.50. The van der Waals surface area contributed by atoms with E-state index in [1.807, 2.05) is 6.92 Å². The molecule has 7 nitrogen and oxygen atoms in total. The van der Waals surface area contributed by atoms with E-state index in [0.29, 0.717) is 11.1 Å². The van der Waals surface area contributed by atoms with Crippen LogP contribution in [0.25, 0.3) is 0 Å². The molecule has 0 aromatic heterocycles. The summed E-state index contributed by atoms with van der Waals surface area (Å²) < 4.78 is 23.0. The number of rotatable bonds is 8. The van der Waals surface area contributed by atoms with Crippen LogP contribution in [0.4, 0.5) is 0 Å². The Morgan fingerprint density at radius 3 is 1.97 bits per heavy atom. The lowest BCUT2D eigenvalue weighted by molar-refractivity contribution is -0.312. The van der Waals surface area contributed by atoms with E-state index >= 15 is 0 Å². The molecule has 0 aromatic carbocycles. The molecule has 7 heteroatoms. The van der Waals surface area contributed by atoms with Crippen molar-refractivity contribution in [1.29, 1.82) is 0 Å². The Balaban J connectivity index is 3.16. The topological polar surface area (TPSA) is 91.3 Å². The van der Waals surface area contributed by atoms with Gasteiger partial charge in [-0.25, -0.2) is 9.59 Å². The molecule has 1 fully saturated rings. The van der Waals surface area contributed by atoms with Crippen LogP contribution >= 0.6 is 0 Å². The van der Waals surface area contributed by atoms with E-state index in [-0.39, 0.29) is 11.5 Å². The molecule has 1 saturated heterocycles. The number of carbonyl (C=O) groups excluding carboxylic acids is 2. The first-order chi connectivity index (χ1) is 13.9. The molecule has 0 amide bonds. The SMILES string of the molecule is C/C=C(/C)C(=O)OC1C(O)[C@H](OC(C)C(C)(C)CC)OC(C)[C@@H]1OC(=O)/C(C)=C\C. The van der Waals surface area contributed by atoms with Crippen molar-refractivity contribution in [3.8, 4) is 0 Å². The van der Waals surface area contributed by atoms with E-state index in [1.54, 1.807) is 46.8 Å². The zero-order valence-electron chi connectivity index (χ0n) is 19.7. The predicted molar refractivity (Wildman–Crippen MR) is 114 cm³/mol. The molecule has 1 aliphatic rings. The highest BCUT2D eigenvalue weighted by Gasteiger charge is 2.49. The normalized spacial score (nSPS) is 29.3. The van der Waals surface area contributed by atoms with E-state index in [0.717, 1.165) is 6.42 Å². The molecular weight excluding hydrogens is 388 g/mol. The summed E-state index contributed by atoms with van der Waals surface area (Å²) in [6.45, 7) is 16.5. The van der Waals surface area contributed by atoms with Gasteiger partial charge in [0, 0.05) is 11.1 Å². The van der Waals surface area contributed by atoms with Crippen LogP contribution in [0.1, 0.15) is 68.7 Å². The molecule has 172 valence electrons. The third-order valence-corrected chi connectivity index (χ3v) is 6.10. The summed E-state index contributed by atoms with van der Waals surface area (Å²) in [6.07, 6.45) is -1.25. The minimum absolute atomic E-state index is 0.146. The first-order valence-corrected chi connectivity index (χ1v) is 10.6. The molecule has 4 unspecified atom stereocenters. The Morgan fingerprint density at radius 1 is 1.07 bits per heavy atom. The highest BCUT2D eigenvalue weighted by Crippen LogP contribution is 2.33. The molecule has 1 N–H and O–H groups in total. The van der Waals surface area contributed by atoms with E-state index < -0.39 is 42.6 Å². The lowest BCUT2D eigenvalue weighted by Gasteiger charge is -2.44. The Labute approximate surface area is 180 Å². The van der Waals surface area contributed by atoms with Crippen LogP contribution < -0.4 is 0 Å². The van der Waals surface area contributed by atoms with Gasteiger partial charge in [0.05, 0.1) is 12.2 Å². The molecule has 0 spiro atoms. The molecule has 0 radical (unpaired) electrons. The van der Waals surface area contributed by atoms with Gasteiger partial charge in [-0.15, -0.1) is 0 Å². The van der Waals surface area contributed by atoms with Gasteiger partial charge in [0.2, 0.25) is 0 Å². The summed E-state index contributed by atoms with van der Waals surface area (Å²) in [5.41, 5.74) is 0.643. The maximum atomic E-state index is 12.4. The van der Waals surface area contributed by atoms with Crippen LogP contribution in [0.5, 0.6) is 0 Å². The summed E-state index contributed by atoms with van der Waals surface area (Å²) >= 11 is 0. The van der Waals surface area contributed by atoms with Gasteiger partial charge in [-0.05, 0) is 53.4 Å². The van der Waals surface area contributed by atoms with E-state index in [2.05, 4.69) is 20.8 Å². The highest BCUT2D eigenvalue weighted by atomic mass is 16.7. The third kappa shape index (κ3) is 6.40. The third-order valence-electron chi connectivity index (χ3n) is 6.10. The zero-order chi connectivity index (χ0) is 23.2. The average molecular weight is 427 g/mol. The number of carbonyl (C=O) groups is 2. The molecule has 0 bridgehead atoms. The van der Waals surface area contributed by atoms with Crippen LogP contribution in [0.2, 0.25) is 0 Å². The van der Waals surface area contributed by atoms with Crippen molar-refractivity contribution in [2.24, 2.45) is 5.41 Å². The lowest BCUT2D eigenvalue weighted by Crippen LogP contribution is -2.61. The van der Waals surface area contributed by atoms with Gasteiger partial charge < -0.3 is 24.1 Å². The van der Waals surface area contributed by atoms with Gasteiger partial charge in [-0.3, -0.25) is 0 Å². The fourth-order valence-electron chi connectivity index (χ4n) is 2.74. The van der Waals surface area contributed by atoms with Gasteiger partial charge in [0.1, 0.15) is 6.10 Å². The molecule has 0 aromatic rings. The smallest absolute Gasteiger partial charge is 0.333 e. The summed E-state index contributed by atoms with van der Waals surface area (Å²) in [5.74, 6) is -1.16. The summed E-state index contributed by atoms with van der Waals surface area (Å²) in [4.78, 5) is 24.7. The van der Waals surface area contributed by atoms with E-state index in [4.69, 9.17) is 18.9 Å². The Bertz CT molecular complexity index is 664. The van der Waals surface area contributed by atoms with Gasteiger partial charge in [0.25, 0.3) is 0 Å². The van der Waals surface area contributed by atoms with Crippen LogP contribution in [0, 0.1) is 5.41 Å². The van der Waals surface area contributed by atoms with Gasteiger partial charge in [-0.1, -0.05) is 32.9 Å². The number of aliphatic hydroxyl groups is 1. The quantitative estimate of drug-likeness (QED) is 0.467. The number of hydrogen-bond donors (Lipinski definition) is 1. The van der Waals surface area contributed by atoms with Crippen LogP contribution in [-0.4, -0.2) is 53.9 Å². The number of esters is 2. The second kappa shape index (κ2) is 11.1. The maximum absolute atomic E-state index is 12.4. The average Bonchev–Trinajstić information content (AvgIpc) is 2.72. The molecule has 30 heavy (non-hydrogen) atoms. The molecular formula is C23H38O7. The Hall–Kier alpha value is -1.70. The van der Waals surface area contributed by atoms with E-state index in [1.165, 1.54) is 0 Å². The number of aliphatic hydroxyl groups excluding tert-OH is 1. The van der Waals surface area contributed by atoms with Crippen molar-refractivity contribution in [3.63, 3.8) is 0 Å². The Kier molecular flexibility index (Phi) is 9.72. The van der Waals surface area contributed by atoms with Crippen molar-refractivity contribution < 1.29 is 33.6 Å². The maximum Gasteiger partial charge on any atom is 0.333 e. The van der Waals surface area contributed by atoms with Crippen LogP contribution in [0.3, 0.4) is 0 Å². The van der Waals surface area contributed by atoms with Crippen LogP contribution in [-0.2, 0) is 28.5 Å². The number of allylic oxidation sites excluding steroid dienone is 2.